The first-order valence-electron chi connectivity index (χ1n) is 6.79. The zero-order valence-corrected chi connectivity index (χ0v) is 11.6. The summed E-state index contributed by atoms with van der Waals surface area (Å²) in [6.45, 7) is 2.74. The number of nitrogens with zero attached hydrogens (tertiary/aromatic N) is 1. The van der Waals surface area contributed by atoms with Gasteiger partial charge in [0.15, 0.2) is 0 Å². The molecule has 1 amide bonds. The standard InChI is InChI=1S/C16H19NO3/c1-12-6-7-15(13(10-12)4-3-9-18)16(20)17-8-2-5-14(19)11-17/h6-7,10,14,18-19H,2,5,8-9,11H2,1H3. The Morgan fingerprint density at radius 1 is 1.50 bits per heavy atom. The number of β-amino-alcohol motifs (C(OH)–C–C–N with tert-alkyl or cyclic N) is 1. The molecule has 0 aliphatic carbocycles. The number of rotatable bonds is 1. The van der Waals surface area contributed by atoms with Gasteiger partial charge in [0, 0.05) is 18.7 Å². The normalized spacial score (nSPS) is 18.4. The highest BCUT2D eigenvalue weighted by Gasteiger charge is 2.24. The highest BCUT2D eigenvalue weighted by Crippen LogP contribution is 2.17. The lowest BCUT2D eigenvalue weighted by Crippen LogP contribution is -2.42. The second kappa shape index (κ2) is 6.56. The Bertz CT molecular complexity index is 557. The minimum Gasteiger partial charge on any atom is -0.391 e. The fourth-order valence-corrected chi connectivity index (χ4v) is 2.39. The quantitative estimate of drug-likeness (QED) is 0.749. The number of likely N-dealkylation sites (tertiary alicyclic amines) is 1. The highest BCUT2D eigenvalue weighted by molar-refractivity contribution is 5.97. The van der Waals surface area contributed by atoms with Crippen LogP contribution < -0.4 is 0 Å². The molecule has 106 valence electrons. The summed E-state index contributed by atoms with van der Waals surface area (Å²) in [6, 6.07) is 5.48. The van der Waals surface area contributed by atoms with E-state index in [0.29, 0.717) is 24.2 Å². The van der Waals surface area contributed by atoms with E-state index in [2.05, 4.69) is 11.8 Å². The Hall–Kier alpha value is -1.83. The smallest absolute Gasteiger partial charge is 0.255 e. The fraction of sp³-hybridized carbons (Fsp3) is 0.438. The van der Waals surface area contributed by atoms with Crippen LogP contribution >= 0.6 is 0 Å². The minimum absolute atomic E-state index is 0.106. The van der Waals surface area contributed by atoms with Crippen LogP contribution in [0.5, 0.6) is 0 Å². The number of amides is 1. The van der Waals surface area contributed by atoms with Crippen LogP contribution in [-0.2, 0) is 0 Å². The Kier molecular flexibility index (Phi) is 4.78. The summed E-state index contributed by atoms with van der Waals surface area (Å²) in [5, 5.41) is 18.5. The van der Waals surface area contributed by atoms with E-state index in [1.807, 2.05) is 19.1 Å². The second-order valence-corrected chi connectivity index (χ2v) is 5.06. The molecule has 1 aromatic carbocycles. The molecule has 1 aliphatic rings. The summed E-state index contributed by atoms with van der Waals surface area (Å²) in [4.78, 5) is 14.2. The van der Waals surface area contributed by atoms with Crippen molar-refractivity contribution >= 4 is 5.91 Å². The summed E-state index contributed by atoms with van der Waals surface area (Å²) in [7, 11) is 0. The lowest BCUT2D eigenvalue weighted by molar-refractivity contribution is 0.0473. The molecule has 2 N–H and O–H groups in total. The highest BCUT2D eigenvalue weighted by atomic mass is 16.3. The zero-order valence-electron chi connectivity index (χ0n) is 11.6. The number of aliphatic hydroxyl groups is 2. The predicted octanol–water partition coefficient (Wildman–Crippen LogP) is 0.936. The van der Waals surface area contributed by atoms with Gasteiger partial charge in [-0.05, 0) is 37.5 Å². The van der Waals surface area contributed by atoms with Gasteiger partial charge < -0.3 is 15.1 Å². The molecule has 1 unspecified atom stereocenters. The van der Waals surface area contributed by atoms with Gasteiger partial charge in [0.05, 0.1) is 11.7 Å². The third kappa shape index (κ3) is 3.38. The van der Waals surface area contributed by atoms with Crippen LogP contribution in [0.1, 0.15) is 34.3 Å². The number of aliphatic hydroxyl groups excluding tert-OH is 2. The third-order valence-corrected chi connectivity index (χ3v) is 3.39. The number of piperidine rings is 1. The van der Waals surface area contributed by atoms with E-state index in [-0.39, 0.29) is 12.5 Å². The Morgan fingerprint density at radius 2 is 2.30 bits per heavy atom. The predicted molar refractivity (Wildman–Crippen MR) is 76.3 cm³/mol. The van der Waals surface area contributed by atoms with Gasteiger partial charge in [-0.15, -0.1) is 0 Å². The molecule has 0 saturated carbocycles. The van der Waals surface area contributed by atoms with E-state index < -0.39 is 6.10 Å². The third-order valence-electron chi connectivity index (χ3n) is 3.39. The van der Waals surface area contributed by atoms with Crippen molar-refractivity contribution < 1.29 is 15.0 Å². The molecule has 1 saturated heterocycles. The van der Waals surface area contributed by atoms with Crippen LogP contribution in [-0.4, -0.2) is 46.8 Å². The van der Waals surface area contributed by atoms with Crippen LogP contribution in [0, 0.1) is 18.8 Å². The first kappa shape index (κ1) is 14.6. The van der Waals surface area contributed by atoms with Crippen molar-refractivity contribution in [2.45, 2.75) is 25.9 Å². The zero-order chi connectivity index (χ0) is 14.5. The number of hydrogen-bond donors (Lipinski definition) is 2. The van der Waals surface area contributed by atoms with Crippen molar-refractivity contribution in [1.29, 1.82) is 0 Å². The average molecular weight is 273 g/mol. The van der Waals surface area contributed by atoms with Gasteiger partial charge in [-0.25, -0.2) is 0 Å². The maximum Gasteiger partial charge on any atom is 0.255 e. The fourth-order valence-electron chi connectivity index (χ4n) is 2.39. The average Bonchev–Trinajstić information content (AvgIpc) is 2.44. The molecule has 1 atom stereocenters. The van der Waals surface area contributed by atoms with Gasteiger partial charge in [0.1, 0.15) is 6.61 Å². The lowest BCUT2D eigenvalue weighted by Gasteiger charge is -2.30. The number of carbonyl (C=O) groups excluding carboxylic acids is 1. The van der Waals surface area contributed by atoms with Crippen molar-refractivity contribution in [3.8, 4) is 11.8 Å². The van der Waals surface area contributed by atoms with Gasteiger partial charge in [-0.2, -0.15) is 0 Å². The Morgan fingerprint density at radius 3 is 3.00 bits per heavy atom. The minimum atomic E-state index is -0.440. The Labute approximate surface area is 119 Å². The number of hydrogen-bond acceptors (Lipinski definition) is 3. The van der Waals surface area contributed by atoms with Gasteiger partial charge >= 0.3 is 0 Å². The monoisotopic (exact) mass is 273 g/mol. The molecule has 4 heteroatoms. The topological polar surface area (TPSA) is 60.8 Å². The molecule has 1 aromatic rings. The van der Waals surface area contributed by atoms with Crippen LogP contribution in [0.25, 0.3) is 0 Å². The first-order chi connectivity index (χ1) is 9.61. The largest absolute Gasteiger partial charge is 0.391 e. The SMILES string of the molecule is Cc1ccc(C(=O)N2CCCC(O)C2)c(C#CCO)c1. The molecule has 1 fully saturated rings. The van der Waals surface area contributed by atoms with Crippen LogP contribution in [0.4, 0.5) is 0 Å². The summed E-state index contributed by atoms with van der Waals surface area (Å²) < 4.78 is 0. The van der Waals surface area contributed by atoms with Crippen molar-refractivity contribution in [3.05, 3.63) is 34.9 Å². The van der Waals surface area contributed by atoms with Crippen molar-refractivity contribution in [2.75, 3.05) is 19.7 Å². The van der Waals surface area contributed by atoms with E-state index in [0.717, 1.165) is 18.4 Å². The van der Waals surface area contributed by atoms with Gasteiger partial charge in [-0.3, -0.25) is 4.79 Å². The number of carbonyl (C=O) groups is 1. The molecule has 0 radical (unpaired) electrons. The first-order valence-corrected chi connectivity index (χ1v) is 6.79. The van der Waals surface area contributed by atoms with E-state index in [1.54, 1.807) is 11.0 Å². The van der Waals surface area contributed by atoms with Crippen LogP contribution in [0.2, 0.25) is 0 Å². The molecule has 0 bridgehead atoms. The molecule has 20 heavy (non-hydrogen) atoms. The number of aryl methyl sites for hydroxylation is 1. The summed E-state index contributed by atoms with van der Waals surface area (Å²) in [6.07, 6.45) is 1.12. The van der Waals surface area contributed by atoms with E-state index in [4.69, 9.17) is 5.11 Å². The van der Waals surface area contributed by atoms with E-state index >= 15 is 0 Å². The molecule has 0 aromatic heterocycles. The maximum absolute atomic E-state index is 12.5. The molecule has 1 aliphatic heterocycles. The summed E-state index contributed by atoms with van der Waals surface area (Å²) in [5.74, 6) is 5.30. The Balaban J connectivity index is 2.29. The van der Waals surface area contributed by atoms with E-state index in [1.165, 1.54) is 0 Å². The molecular formula is C16H19NO3. The summed E-state index contributed by atoms with van der Waals surface area (Å²) >= 11 is 0. The van der Waals surface area contributed by atoms with Gasteiger partial charge in [-0.1, -0.05) is 17.9 Å². The van der Waals surface area contributed by atoms with Crippen LogP contribution in [0.15, 0.2) is 18.2 Å². The van der Waals surface area contributed by atoms with Gasteiger partial charge in [0.25, 0.3) is 5.91 Å². The molecule has 4 nitrogen and oxygen atoms in total. The number of benzene rings is 1. The molecule has 1 heterocycles. The molecular weight excluding hydrogens is 254 g/mol. The second-order valence-electron chi connectivity index (χ2n) is 5.06. The molecule has 0 spiro atoms. The lowest BCUT2D eigenvalue weighted by atomic mass is 10.0. The van der Waals surface area contributed by atoms with Crippen molar-refractivity contribution in [3.63, 3.8) is 0 Å². The van der Waals surface area contributed by atoms with Crippen molar-refractivity contribution in [2.24, 2.45) is 0 Å². The van der Waals surface area contributed by atoms with Gasteiger partial charge in [0.2, 0.25) is 0 Å². The van der Waals surface area contributed by atoms with Crippen LogP contribution in [0.3, 0.4) is 0 Å². The van der Waals surface area contributed by atoms with Crippen molar-refractivity contribution in [1.82, 2.24) is 4.90 Å². The summed E-state index contributed by atoms with van der Waals surface area (Å²) in [5.41, 5.74) is 2.18. The maximum atomic E-state index is 12.5. The van der Waals surface area contributed by atoms with E-state index in [9.17, 15) is 9.90 Å². The molecule has 2 rings (SSSR count).